The molecule has 4 nitrogen and oxygen atoms in total. The van der Waals surface area contributed by atoms with Crippen molar-refractivity contribution in [3.8, 4) is 0 Å². The normalized spacial score (nSPS) is 16.8. The molecule has 0 radical (unpaired) electrons. The average Bonchev–Trinajstić information content (AvgIpc) is 2.19. The van der Waals surface area contributed by atoms with Crippen LogP contribution in [0.1, 0.15) is 19.3 Å². The Labute approximate surface area is 106 Å². The number of nitrogen functional groups attached to an aromatic ring is 1. The first-order valence-electron chi connectivity index (χ1n) is 5.54. The topological polar surface area (TPSA) is 72.2 Å². The molecule has 0 atom stereocenters. The molecular weight excluding hydrogens is 260 g/mol. The Hall–Kier alpha value is -0.780. The molecule has 17 heavy (non-hydrogen) atoms. The van der Waals surface area contributed by atoms with Gasteiger partial charge in [0.1, 0.15) is 0 Å². The number of hydrogen-bond acceptors (Lipinski definition) is 3. The number of rotatable bonds is 4. The fraction of sp³-hybridized carbons (Fsp3) is 0.455. The predicted octanol–water partition coefficient (Wildman–Crippen LogP) is 2.00. The molecule has 0 unspecified atom stereocenters. The van der Waals surface area contributed by atoms with Gasteiger partial charge in [0, 0.05) is 6.54 Å². The molecule has 1 aliphatic carbocycles. The highest BCUT2D eigenvalue weighted by Gasteiger charge is 2.21. The molecule has 0 aliphatic heterocycles. The lowest BCUT2D eigenvalue weighted by Gasteiger charge is -2.25. The first kappa shape index (κ1) is 12.7. The second-order valence-electron chi connectivity index (χ2n) is 4.33. The molecule has 3 N–H and O–H groups in total. The number of anilines is 1. The number of sulfonamides is 1. The van der Waals surface area contributed by atoms with Crippen LogP contribution in [0, 0.1) is 5.92 Å². The minimum atomic E-state index is -3.46. The van der Waals surface area contributed by atoms with E-state index in [9.17, 15) is 8.42 Å². The Bertz CT molecular complexity index is 512. The van der Waals surface area contributed by atoms with Gasteiger partial charge in [-0.2, -0.15) is 0 Å². The largest absolute Gasteiger partial charge is 0.398 e. The lowest BCUT2D eigenvalue weighted by molar-refractivity contribution is 0.316. The summed E-state index contributed by atoms with van der Waals surface area (Å²) in [5.74, 6) is 0.481. The van der Waals surface area contributed by atoms with Crippen molar-refractivity contribution in [2.45, 2.75) is 24.2 Å². The first-order chi connectivity index (χ1) is 7.99. The Balaban J connectivity index is 2.10. The van der Waals surface area contributed by atoms with Crippen molar-refractivity contribution in [3.63, 3.8) is 0 Å². The fourth-order valence-corrected chi connectivity index (χ4v) is 3.07. The molecule has 2 rings (SSSR count). The minimum Gasteiger partial charge on any atom is -0.398 e. The summed E-state index contributed by atoms with van der Waals surface area (Å²) in [5.41, 5.74) is 5.92. The van der Waals surface area contributed by atoms with Crippen molar-refractivity contribution in [1.29, 1.82) is 0 Å². The van der Waals surface area contributed by atoms with E-state index in [2.05, 4.69) is 4.72 Å². The molecule has 0 bridgehead atoms. The third-order valence-electron chi connectivity index (χ3n) is 3.07. The Morgan fingerprint density at radius 3 is 2.65 bits per heavy atom. The average molecular weight is 275 g/mol. The van der Waals surface area contributed by atoms with Crippen molar-refractivity contribution in [3.05, 3.63) is 23.2 Å². The maximum absolute atomic E-state index is 11.9. The molecule has 0 aromatic heterocycles. The van der Waals surface area contributed by atoms with Gasteiger partial charge in [-0.25, -0.2) is 13.1 Å². The first-order valence-corrected chi connectivity index (χ1v) is 7.40. The van der Waals surface area contributed by atoms with Crippen LogP contribution < -0.4 is 10.5 Å². The summed E-state index contributed by atoms with van der Waals surface area (Å²) >= 11 is 5.80. The third-order valence-corrected chi connectivity index (χ3v) is 4.82. The van der Waals surface area contributed by atoms with Crippen LogP contribution in [-0.4, -0.2) is 15.0 Å². The van der Waals surface area contributed by atoms with Crippen molar-refractivity contribution >= 4 is 27.3 Å². The summed E-state index contributed by atoms with van der Waals surface area (Å²) in [6.45, 7) is 0.504. The lowest BCUT2D eigenvalue weighted by Crippen LogP contribution is -2.32. The summed E-state index contributed by atoms with van der Waals surface area (Å²) < 4.78 is 26.5. The van der Waals surface area contributed by atoms with Crippen LogP contribution in [0.5, 0.6) is 0 Å². The molecule has 0 saturated heterocycles. The van der Waals surface area contributed by atoms with E-state index >= 15 is 0 Å². The molecular formula is C11H15ClN2O2S. The van der Waals surface area contributed by atoms with Gasteiger partial charge in [0.25, 0.3) is 0 Å². The van der Waals surface area contributed by atoms with E-state index in [-0.39, 0.29) is 9.92 Å². The Kier molecular flexibility index (Phi) is 3.61. The molecule has 1 aromatic carbocycles. The maximum Gasteiger partial charge on any atom is 0.240 e. The standard InChI is InChI=1S/C11H15ClN2O2S/c12-10-6-9(4-5-11(10)13)17(15,16)14-7-8-2-1-3-8/h4-6,8,14H,1-3,7,13H2. The van der Waals surface area contributed by atoms with E-state index in [0.717, 1.165) is 12.8 Å². The lowest BCUT2D eigenvalue weighted by atomic mass is 9.86. The number of benzene rings is 1. The van der Waals surface area contributed by atoms with Crippen molar-refractivity contribution < 1.29 is 8.42 Å². The van der Waals surface area contributed by atoms with Crippen molar-refractivity contribution in [2.75, 3.05) is 12.3 Å². The predicted molar refractivity (Wildman–Crippen MR) is 68.4 cm³/mol. The summed E-state index contributed by atoms with van der Waals surface area (Å²) in [5, 5.41) is 0.261. The van der Waals surface area contributed by atoms with Gasteiger partial charge in [-0.15, -0.1) is 0 Å². The van der Waals surface area contributed by atoms with Crippen LogP contribution in [0.3, 0.4) is 0 Å². The molecule has 1 aliphatic rings. The highest BCUT2D eigenvalue weighted by molar-refractivity contribution is 7.89. The SMILES string of the molecule is Nc1ccc(S(=O)(=O)NCC2CCC2)cc1Cl. The number of nitrogens with one attached hydrogen (secondary N) is 1. The van der Waals surface area contributed by atoms with Crippen LogP contribution in [0.4, 0.5) is 5.69 Å². The maximum atomic E-state index is 11.9. The molecule has 0 amide bonds. The van der Waals surface area contributed by atoms with Gasteiger partial charge in [-0.05, 0) is 37.0 Å². The smallest absolute Gasteiger partial charge is 0.240 e. The van der Waals surface area contributed by atoms with Crippen LogP contribution in [-0.2, 0) is 10.0 Å². The second-order valence-corrected chi connectivity index (χ2v) is 6.51. The molecule has 1 aromatic rings. The van der Waals surface area contributed by atoms with Gasteiger partial charge < -0.3 is 5.73 Å². The number of hydrogen-bond donors (Lipinski definition) is 2. The van der Waals surface area contributed by atoms with Crippen LogP contribution in [0.25, 0.3) is 0 Å². The van der Waals surface area contributed by atoms with Gasteiger partial charge in [-0.3, -0.25) is 0 Å². The zero-order valence-electron chi connectivity index (χ0n) is 9.32. The third kappa shape index (κ3) is 2.91. The monoisotopic (exact) mass is 274 g/mol. The van der Waals surface area contributed by atoms with Crippen molar-refractivity contribution in [2.24, 2.45) is 5.92 Å². The molecule has 1 saturated carbocycles. The molecule has 94 valence electrons. The fourth-order valence-electron chi connectivity index (χ4n) is 1.68. The highest BCUT2D eigenvalue weighted by Crippen LogP contribution is 2.26. The van der Waals surface area contributed by atoms with Crippen molar-refractivity contribution in [1.82, 2.24) is 4.72 Å². The van der Waals surface area contributed by atoms with Gasteiger partial charge in [-0.1, -0.05) is 18.0 Å². The summed E-state index contributed by atoms with van der Waals surface area (Å²) in [6, 6.07) is 4.34. The van der Waals surface area contributed by atoms with Gasteiger partial charge in [0.2, 0.25) is 10.0 Å². The molecule has 1 fully saturated rings. The highest BCUT2D eigenvalue weighted by atomic mass is 35.5. The van der Waals surface area contributed by atoms with Gasteiger partial charge in [0.15, 0.2) is 0 Å². The molecule has 0 spiro atoms. The summed E-state index contributed by atoms with van der Waals surface area (Å²) in [6.07, 6.45) is 3.40. The van der Waals surface area contributed by atoms with Crippen LogP contribution in [0.15, 0.2) is 23.1 Å². The Morgan fingerprint density at radius 2 is 2.12 bits per heavy atom. The number of halogens is 1. The number of nitrogens with two attached hydrogens (primary N) is 1. The Morgan fingerprint density at radius 1 is 1.41 bits per heavy atom. The molecule has 0 heterocycles. The van der Waals surface area contributed by atoms with Crippen LogP contribution in [0.2, 0.25) is 5.02 Å². The summed E-state index contributed by atoms with van der Waals surface area (Å²) in [4.78, 5) is 0.163. The molecule has 6 heteroatoms. The van der Waals surface area contributed by atoms with Gasteiger partial charge in [0.05, 0.1) is 15.6 Å². The quantitative estimate of drug-likeness (QED) is 0.825. The van der Waals surface area contributed by atoms with E-state index < -0.39 is 10.0 Å². The zero-order valence-corrected chi connectivity index (χ0v) is 10.9. The van der Waals surface area contributed by atoms with Crippen LogP contribution >= 0.6 is 11.6 Å². The summed E-state index contributed by atoms with van der Waals surface area (Å²) in [7, 11) is -3.46. The van der Waals surface area contributed by atoms with E-state index in [4.69, 9.17) is 17.3 Å². The minimum absolute atomic E-state index is 0.163. The van der Waals surface area contributed by atoms with E-state index in [0.29, 0.717) is 18.2 Å². The van der Waals surface area contributed by atoms with E-state index in [1.165, 1.54) is 24.6 Å². The zero-order chi connectivity index (χ0) is 12.5. The van der Waals surface area contributed by atoms with E-state index in [1.54, 1.807) is 0 Å². The van der Waals surface area contributed by atoms with Gasteiger partial charge >= 0.3 is 0 Å². The second kappa shape index (κ2) is 4.84. The van der Waals surface area contributed by atoms with E-state index in [1.807, 2.05) is 0 Å².